The fourth-order valence-electron chi connectivity index (χ4n) is 2.51. The van der Waals surface area contributed by atoms with E-state index < -0.39 is 0 Å². The van der Waals surface area contributed by atoms with Gasteiger partial charge in [0.25, 0.3) is 0 Å². The van der Waals surface area contributed by atoms with Gasteiger partial charge in [-0.1, -0.05) is 19.8 Å². The smallest absolute Gasteiger partial charge is 0.226 e. The van der Waals surface area contributed by atoms with Gasteiger partial charge in [-0.05, 0) is 25.7 Å². The molecule has 1 aliphatic rings. The molecule has 0 aromatic carbocycles. The first-order valence-corrected chi connectivity index (χ1v) is 7.20. The summed E-state index contributed by atoms with van der Waals surface area (Å²) in [6.07, 6.45) is 6.32. The number of ether oxygens (including phenoxy) is 1. The Hall–Kier alpha value is -0.280. The summed E-state index contributed by atoms with van der Waals surface area (Å²) in [6.45, 7) is 4.10. The van der Waals surface area contributed by atoms with Crippen molar-refractivity contribution in [3.63, 3.8) is 0 Å². The molecule has 0 atom stereocenters. The Balaban J connectivity index is 2.15. The van der Waals surface area contributed by atoms with Crippen LogP contribution in [-0.2, 0) is 9.53 Å². The van der Waals surface area contributed by atoms with Gasteiger partial charge in [-0.25, -0.2) is 0 Å². The SMILES string of the molecule is CCC1(C(=O)NCCCOCCCl)CCCC1. The Morgan fingerprint density at radius 1 is 1.35 bits per heavy atom. The molecule has 0 heterocycles. The van der Waals surface area contributed by atoms with Crippen molar-refractivity contribution in [3.8, 4) is 0 Å². The molecule has 0 aromatic heterocycles. The summed E-state index contributed by atoms with van der Waals surface area (Å²) >= 11 is 5.49. The summed E-state index contributed by atoms with van der Waals surface area (Å²) in [7, 11) is 0. The molecular formula is C13H24ClNO2. The number of amides is 1. The van der Waals surface area contributed by atoms with E-state index in [1.54, 1.807) is 0 Å². The summed E-state index contributed by atoms with van der Waals surface area (Å²) in [5.41, 5.74) is -0.0724. The van der Waals surface area contributed by atoms with E-state index in [-0.39, 0.29) is 11.3 Å². The van der Waals surface area contributed by atoms with Gasteiger partial charge in [-0.2, -0.15) is 0 Å². The third kappa shape index (κ3) is 4.47. The number of alkyl halides is 1. The number of nitrogens with one attached hydrogen (secondary N) is 1. The molecule has 0 saturated heterocycles. The average Bonchev–Trinajstić information content (AvgIpc) is 2.83. The highest BCUT2D eigenvalue weighted by Gasteiger charge is 2.38. The Morgan fingerprint density at radius 3 is 2.65 bits per heavy atom. The van der Waals surface area contributed by atoms with Crippen LogP contribution >= 0.6 is 11.6 Å². The fourth-order valence-corrected chi connectivity index (χ4v) is 2.62. The van der Waals surface area contributed by atoms with Crippen LogP contribution < -0.4 is 5.32 Å². The molecule has 0 spiro atoms. The third-order valence-corrected chi connectivity index (χ3v) is 3.85. The second kappa shape index (κ2) is 7.93. The molecule has 3 nitrogen and oxygen atoms in total. The maximum Gasteiger partial charge on any atom is 0.226 e. The number of halogens is 1. The molecule has 0 unspecified atom stereocenters. The Morgan fingerprint density at radius 2 is 2.06 bits per heavy atom. The van der Waals surface area contributed by atoms with Crippen molar-refractivity contribution < 1.29 is 9.53 Å². The minimum absolute atomic E-state index is 0.0724. The monoisotopic (exact) mass is 261 g/mol. The molecule has 100 valence electrons. The lowest BCUT2D eigenvalue weighted by atomic mass is 9.82. The van der Waals surface area contributed by atoms with Gasteiger partial charge in [-0.3, -0.25) is 4.79 Å². The van der Waals surface area contributed by atoms with Crippen LogP contribution in [0.4, 0.5) is 0 Å². The summed E-state index contributed by atoms with van der Waals surface area (Å²) in [5.74, 6) is 0.778. The number of carbonyl (C=O) groups is 1. The number of hydrogen-bond acceptors (Lipinski definition) is 2. The van der Waals surface area contributed by atoms with Crippen LogP contribution in [0.5, 0.6) is 0 Å². The zero-order chi connectivity index (χ0) is 12.6. The van der Waals surface area contributed by atoms with Gasteiger partial charge in [0.2, 0.25) is 5.91 Å². The normalized spacial score (nSPS) is 18.2. The van der Waals surface area contributed by atoms with Crippen LogP contribution in [0.1, 0.15) is 45.4 Å². The molecule has 1 aliphatic carbocycles. The van der Waals surface area contributed by atoms with Crippen LogP contribution in [0.3, 0.4) is 0 Å². The summed E-state index contributed by atoms with van der Waals surface area (Å²) in [5, 5.41) is 3.04. The van der Waals surface area contributed by atoms with Crippen molar-refractivity contribution in [2.45, 2.75) is 45.4 Å². The van der Waals surface area contributed by atoms with Crippen molar-refractivity contribution in [1.29, 1.82) is 0 Å². The van der Waals surface area contributed by atoms with E-state index in [9.17, 15) is 4.79 Å². The summed E-state index contributed by atoms with van der Waals surface area (Å²) in [6, 6.07) is 0. The zero-order valence-corrected chi connectivity index (χ0v) is 11.5. The van der Waals surface area contributed by atoms with Crippen LogP contribution in [0.15, 0.2) is 0 Å². The fraction of sp³-hybridized carbons (Fsp3) is 0.923. The van der Waals surface area contributed by atoms with E-state index in [1.807, 2.05) is 0 Å². The maximum atomic E-state index is 12.1. The highest BCUT2D eigenvalue weighted by Crippen LogP contribution is 2.40. The molecule has 0 radical (unpaired) electrons. The lowest BCUT2D eigenvalue weighted by Gasteiger charge is -2.25. The van der Waals surface area contributed by atoms with E-state index in [0.29, 0.717) is 25.6 Å². The first-order chi connectivity index (χ1) is 8.25. The van der Waals surface area contributed by atoms with Crippen molar-refractivity contribution in [2.24, 2.45) is 5.41 Å². The van der Waals surface area contributed by atoms with Crippen molar-refractivity contribution >= 4 is 17.5 Å². The average molecular weight is 262 g/mol. The van der Waals surface area contributed by atoms with Crippen LogP contribution in [0, 0.1) is 5.41 Å². The summed E-state index contributed by atoms with van der Waals surface area (Å²) in [4.78, 5) is 12.1. The molecule has 1 amide bonds. The van der Waals surface area contributed by atoms with Gasteiger partial charge >= 0.3 is 0 Å². The van der Waals surface area contributed by atoms with Crippen molar-refractivity contribution in [1.82, 2.24) is 5.32 Å². The first-order valence-electron chi connectivity index (χ1n) is 6.67. The van der Waals surface area contributed by atoms with Gasteiger partial charge in [0.05, 0.1) is 6.61 Å². The topological polar surface area (TPSA) is 38.3 Å². The number of hydrogen-bond donors (Lipinski definition) is 1. The molecule has 4 heteroatoms. The van der Waals surface area contributed by atoms with E-state index in [4.69, 9.17) is 16.3 Å². The van der Waals surface area contributed by atoms with Gasteiger partial charge < -0.3 is 10.1 Å². The van der Waals surface area contributed by atoms with E-state index in [2.05, 4.69) is 12.2 Å². The van der Waals surface area contributed by atoms with Crippen LogP contribution in [0.25, 0.3) is 0 Å². The minimum atomic E-state index is -0.0724. The third-order valence-electron chi connectivity index (χ3n) is 3.69. The summed E-state index contributed by atoms with van der Waals surface area (Å²) < 4.78 is 5.26. The second-order valence-corrected chi connectivity index (χ2v) is 5.13. The Labute approximate surface area is 109 Å². The zero-order valence-electron chi connectivity index (χ0n) is 10.8. The minimum Gasteiger partial charge on any atom is -0.380 e. The lowest BCUT2D eigenvalue weighted by Crippen LogP contribution is -2.39. The molecular weight excluding hydrogens is 238 g/mol. The molecule has 17 heavy (non-hydrogen) atoms. The molecule has 0 aliphatic heterocycles. The molecule has 1 fully saturated rings. The predicted octanol–water partition coefficient (Wildman–Crippen LogP) is 2.72. The number of rotatable bonds is 8. The number of carbonyl (C=O) groups excluding carboxylic acids is 1. The van der Waals surface area contributed by atoms with Crippen molar-refractivity contribution in [2.75, 3.05) is 25.6 Å². The lowest BCUT2D eigenvalue weighted by molar-refractivity contribution is -0.131. The second-order valence-electron chi connectivity index (χ2n) is 4.75. The first kappa shape index (κ1) is 14.8. The predicted molar refractivity (Wildman–Crippen MR) is 70.4 cm³/mol. The maximum absolute atomic E-state index is 12.1. The van der Waals surface area contributed by atoms with Gasteiger partial charge in [0.15, 0.2) is 0 Å². The van der Waals surface area contributed by atoms with E-state index >= 15 is 0 Å². The molecule has 1 N–H and O–H groups in total. The standard InChI is InChI=1S/C13H24ClNO2/c1-2-13(6-3-4-7-13)12(16)15-9-5-10-17-11-8-14/h2-11H2,1H3,(H,15,16). The van der Waals surface area contributed by atoms with E-state index in [1.165, 1.54) is 12.8 Å². The molecule has 0 bridgehead atoms. The quantitative estimate of drug-likeness (QED) is 0.539. The van der Waals surface area contributed by atoms with Gasteiger partial charge in [-0.15, -0.1) is 11.6 Å². The highest BCUT2D eigenvalue weighted by atomic mass is 35.5. The van der Waals surface area contributed by atoms with Crippen LogP contribution in [-0.4, -0.2) is 31.5 Å². The van der Waals surface area contributed by atoms with Crippen LogP contribution in [0.2, 0.25) is 0 Å². The van der Waals surface area contributed by atoms with Gasteiger partial charge in [0, 0.05) is 24.4 Å². The molecule has 1 rings (SSSR count). The van der Waals surface area contributed by atoms with E-state index in [0.717, 1.165) is 25.7 Å². The van der Waals surface area contributed by atoms with Crippen molar-refractivity contribution in [3.05, 3.63) is 0 Å². The molecule has 1 saturated carbocycles. The molecule has 0 aromatic rings. The Bertz CT molecular complexity index is 227. The highest BCUT2D eigenvalue weighted by molar-refractivity contribution is 6.17. The van der Waals surface area contributed by atoms with Gasteiger partial charge in [0.1, 0.15) is 0 Å². The largest absolute Gasteiger partial charge is 0.380 e. The Kier molecular flexibility index (Phi) is 6.90.